The molecule has 7 nitrogen and oxygen atoms in total. The maximum Gasteiger partial charge on any atom is 0.310 e. The monoisotopic (exact) mass is 301 g/mol. The van der Waals surface area contributed by atoms with Gasteiger partial charge in [-0.3, -0.25) is 9.48 Å². The Morgan fingerprint density at radius 3 is 2.95 bits per heavy atom. The molecule has 0 amide bonds. The minimum Gasteiger partial charge on any atom is -0.469 e. The van der Waals surface area contributed by atoms with E-state index in [1.54, 1.807) is 23.1 Å². The van der Waals surface area contributed by atoms with Crippen LogP contribution in [0.25, 0.3) is 0 Å². The summed E-state index contributed by atoms with van der Waals surface area (Å²) in [6, 6.07) is 1.78. The molecule has 1 saturated carbocycles. The first kappa shape index (κ1) is 15.0. The van der Waals surface area contributed by atoms with Crippen LogP contribution < -0.4 is 4.72 Å². The highest BCUT2D eigenvalue weighted by atomic mass is 32.2. The van der Waals surface area contributed by atoms with Gasteiger partial charge in [0.15, 0.2) is 0 Å². The van der Waals surface area contributed by atoms with E-state index in [4.69, 9.17) is 0 Å². The van der Waals surface area contributed by atoms with Crippen molar-refractivity contribution in [3.05, 3.63) is 18.5 Å². The zero-order valence-electron chi connectivity index (χ0n) is 11.4. The molecule has 1 fully saturated rings. The predicted octanol–water partition coefficient (Wildman–Crippen LogP) is 0.144. The topological polar surface area (TPSA) is 90.3 Å². The number of hydrogen-bond donors (Lipinski definition) is 1. The Hall–Kier alpha value is -1.41. The summed E-state index contributed by atoms with van der Waals surface area (Å²) in [5, 5.41) is 3.31. The second-order valence-electron chi connectivity index (χ2n) is 4.81. The van der Waals surface area contributed by atoms with Gasteiger partial charge in [-0.25, -0.2) is 13.1 Å². The minimum atomic E-state index is -3.51. The van der Waals surface area contributed by atoms with Crippen LogP contribution in [0.15, 0.2) is 18.5 Å². The molecule has 2 atom stereocenters. The van der Waals surface area contributed by atoms with Crippen LogP contribution in [0.4, 0.5) is 0 Å². The predicted molar refractivity (Wildman–Crippen MR) is 72.3 cm³/mol. The highest BCUT2D eigenvalue weighted by molar-refractivity contribution is 7.90. The Balaban J connectivity index is 1.93. The van der Waals surface area contributed by atoms with Gasteiger partial charge in [0, 0.05) is 18.9 Å². The van der Waals surface area contributed by atoms with Crippen LogP contribution in [-0.2, 0) is 26.1 Å². The van der Waals surface area contributed by atoms with Crippen molar-refractivity contribution in [2.45, 2.75) is 31.1 Å². The van der Waals surface area contributed by atoms with Crippen LogP contribution in [0.3, 0.4) is 0 Å². The number of methoxy groups -OCH3 is 1. The fraction of sp³-hybridized carbons (Fsp3) is 0.667. The summed E-state index contributed by atoms with van der Waals surface area (Å²) < 4.78 is 33.4. The number of esters is 1. The molecule has 1 aromatic heterocycles. The highest BCUT2D eigenvalue weighted by Gasteiger charge is 2.41. The van der Waals surface area contributed by atoms with Crippen LogP contribution in [0.5, 0.6) is 0 Å². The first-order chi connectivity index (χ1) is 9.54. The molecule has 0 aliphatic heterocycles. The molecular weight excluding hydrogens is 282 g/mol. The molecule has 1 aromatic rings. The normalized spacial score (nSPS) is 22.9. The van der Waals surface area contributed by atoms with Gasteiger partial charge >= 0.3 is 5.97 Å². The summed E-state index contributed by atoms with van der Waals surface area (Å²) in [5.41, 5.74) is 0. The number of sulfonamides is 1. The van der Waals surface area contributed by atoms with Crippen LogP contribution in [0.1, 0.15) is 19.3 Å². The quantitative estimate of drug-likeness (QED) is 0.755. The standard InChI is InChI=1S/C12H19N3O4S/c1-19-12(16)10-4-2-5-11(10)20(17,18)14-7-9-15-8-3-6-13-15/h3,6,8,10-11,14H,2,4-5,7,9H2,1H3. The number of carbonyl (C=O) groups excluding carboxylic acids is 1. The summed E-state index contributed by atoms with van der Waals surface area (Å²) in [6.45, 7) is 0.718. The van der Waals surface area contributed by atoms with E-state index < -0.39 is 27.2 Å². The first-order valence-corrected chi connectivity index (χ1v) is 8.13. The Bertz CT molecular complexity index is 541. The number of nitrogens with one attached hydrogen (secondary N) is 1. The van der Waals surface area contributed by atoms with E-state index in [9.17, 15) is 13.2 Å². The third-order valence-electron chi connectivity index (χ3n) is 3.56. The van der Waals surface area contributed by atoms with Crippen molar-refractivity contribution < 1.29 is 17.9 Å². The molecule has 1 aliphatic rings. The molecule has 0 bridgehead atoms. The fourth-order valence-electron chi connectivity index (χ4n) is 2.56. The van der Waals surface area contributed by atoms with Gasteiger partial charge in [0.1, 0.15) is 0 Å². The van der Waals surface area contributed by atoms with Crippen molar-refractivity contribution in [3.8, 4) is 0 Å². The molecule has 1 aliphatic carbocycles. The lowest BCUT2D eigenvalue weighted by Crippen LogP contribution is -2.40. The van der Waals surface area contributed by atoms with Crippen LogP contribution in [0.2, 0.25) is 0 Å². The summed E-state index contributed by atoms with van der Waals surface area (Å²) in [5.74, 6) is -0.993. The van der Waals surface area contributed by atoms with Gasteiger partial charge in [0.05, 0.1) is 24.8 Å². The Morgan fingerprint density at radius 2 is 2.30 bits per heavy atom. The van der Waals surface area contributed by atoms with E-state index >= 15 is 0 Å². The van der Waals surface area contributed by atoms with Gasteiger partial charge < -0.3 is 4.74 Å². The van der Waals surface area contributed by atoms with Gasteiger partial charge in [0.25, 0.3) is 0 Å². The number of ether oxygens (including phenoxy) is 1. The molecule has 20 heavy (non-hydrogen) atoms. The minimum absolute atomic E-state index is 0.258. The molecular formula is C12H19N3O4S. The third kappa shape index (κ3) is 3.37. The maximum atomic E-state index is 12.2. The van der Waals surface area contributed by atoms with Crippen LogP contribution in [-0.4, -0.2) is 43.1 Å². The van der Waals surface area contributed by atoms with Crippen molar-refractivity contribution in [1.29, 1.82) is 0 Å². The molecule has 0 spiro atoms. The van der Waals surface area contributed by atoms with E-state index in [2.05, 4.69) is 14.6 Å². The van der Waals surface area contributed by atoms with E-state index in [1.807, 2.05) is 0 Å². The lowest BCUT2D eigenvalue weighted by molar-refractivity contribution is -0.145. The van der Waals surface area contributed by atoms with Gasteiger partial charge in [-0.15, -0.1) is 0 Å². The van der Waals surface area contributed by atoms with Crippen molar-refractivity contribution in [2.24, 2.45) is 5.92 Å². The average Bonchev–Trinajstić information content (AvgIpc) is 3.08. The van der Waals surface area contributed by atoms with Crippen LogP contribution in [0, 0.1) is 5.92 Å². The Morgan fingerprint density at radius 1 is 1.50 bits per heavy atom. The lowest BCUT2D eigenvalue weighted by Gasteiger charge is -2.18. The molecule has 0 saturated heterocycles. The molecule has 8 heteroatoms. The second kappa shape index (κ2) is 6.36. The molecule has 1 N–H and O–H groups in total. The Labute approximate surface area is 118 Å². The molecule has 2 rings (SSSR count). The Kier molecular flexibility index (Phi) is 4.77. The van der Waals surface area contributed by atoms with E-state index in [0.717, 1.165) is 6.42 Å². The van der Waals surface area contributed by atoms with E-state index in [-0.39, 0.29) is 6.54 Å². The van der Waals surface area contributed by atoms with E-state index in [0.29, 0.717) is 19.4 Å². The highest BCUT2D eigenvalue weighted by Crippen LogP contribution is 2.31. The zero-order chi connectivity index (χ0) is 14.6. The summed E-state index contributed by atoms with van der Waals surface area (Å²) in [7, 11) is -2.22. The number of carbonyl (C=O) groups is 1. The zero-order valence-corrected chi connectivity index (χ0v) is 12.2. The largest absolute Gasteiger partial charge is 0.469 e. The van der Waals surface area contributed by atoms with Gasteiger partial charge in [-0.1, -0.05) is 6.42 Å². The number of hydrogen-bond acceptors (Lipinski definition) is 5. The fourth-order valence-corrected chi connectivity index (χ4v) is 4.31. The van der Waals surface area contributed by atoms with Gasteiger partial charge in [0.2, 0.25) is 10.0 Å². The lowest BCUT2D eigenvalue weighted by atomic mass is 10.1. The number of aromatic nitrogens is 2. The molecule has 0 radical (unpaired) electrons. The summed E-state index contributed by atoms with van der Waals surface area (Å²) in [6.07, 6.45) is 5.19. The van der Waals surface area contributed by atoms with Crippen LogP contribution >= 0.6 is 0 Å². The molecule has 0 aromatic carbocycles. The van der Waals surface area contributed by atoms with Gasteiger partial charge in [-0.2, -0.15) is 5.10 Å². The number of nitrogens with zero attached hydrogens (tertiary/aromatic N) is 2. The summed E-state index contributed by atoms with van der Waals surface area (Å²) in [4.78, 5) is 11.6. The van der Waals surface area contributed by atoms with Crippen molar-refractivity contribution in [1.82, 2.24) is 14.5 Å². The maximum absolute atomic E-state index is 12.2. The SMILES string of the molecule is COC(=O)C1CCCC1S(=O)(=O)NCCn1cccn1. The van der Waals surface area contributed by atoms with E-state index in [1.165, 1.54) is 7.11 Å². The third-order valence-corrected chi connectivity index (χ3v) is 5.53. The van der Waals surface area contributed by atoms with Crippen molar-refractivity contribution in [2.75, 3.05) is 13.7 Å². The van der Waals surface area contributed by atoms with Gasteiger partial charge in [-0.05, 0) is 18.9 Å². The molecule has 112 valence electrons. The molecule has 2 unspecified atom stereocenters. The molecule has 1 heterocycles. The first-order valence-electron chi connectivity index (χ1n) is 6.58. The van der Waals surface area contributed by atoms with Crippen molar-refractivity contribution >= 4 is 16.0 Å². The number of rotatable bonds is 6. The average molecular weight is 301 g/mol. The smallest absolute Gasteiger partial charge is 0.310 e. The van der Waals surface area contributed by atoms with Crippen molar-refractivity contribution in [3.63, 3.8) is 0 Å². The second-order valence-corrected chi connectivity index (χ2v) is 6.79. The summed E-state index contributed by atoms with van der Waals surface area (Å²) >= 11 is 0.